The van der Waals surface area contributed by atoms with Crippen molar-refractivity contribution in [2.24, 2.45) is 5.92 Å². The highest BCUT2D eigenvalue weighted by atomic mass is 16.5. The average Bonchev–Trinajstić information content (AvgIpc) is 2.53. The Balaban J connectivity index is 1.74. The number of nitrogens with one attached hydrogen (secondary N) is 2. The van der Waals surface area contributed by atoms with Gasteiger partial charge in [0.1, 0.15) is 0 Å². The van der Waals surface area contributed by atoms with E-state index in [1.807, 2.05) is 6.92 Å². The second-order valence-electron chi connectivity index (χ2n) is 7.20. The van der Waals surface area contributed by atoms with E-state index in [2.05, 4.69) is 34.3 Å². The van der Waals surface area contributed by atoms with Crippen molar-refractivity contribution >= 4 is 11.9 Å². The zero-order valence-corrected chi connectivity index (χ0v) is 15.4. The molecule has 7 heteroatoms. The molecule has 2 fully saturated rings. The van der Waals surface area contributed by atoms with Crippen LogP contribution in [0.1, 0.15) is 33.6 Å². The number of rotatable bonds is 4. The minimum atomic E-state index is -0.447. The first kappa shape index (κ1) is 19.1. The molecule has 0 bridgehead atoms. The van der Waals surface area contributed by atoms with Gasteiger partial charge in [-0.05, 0) is 52.6 Å². The van der Waals surface area contributed by atoms with Crippen molar-refractivity contribution in [2.75, 3.05) is 39.8 Å². The molecule has 2 heterocycles. The first-order valence-corrected chi connectivity index (χ1v) is 9.03. The Morgan fingerprint density at radius 1 is 1.17 bits per heavy atom. The molecular formula is C17H32N4O3. The van der Waals surface area contributed by atoms with Crippen LogP contribution in [0.4, 0.5) is 4.79 Å². The zero-order chi connectivity index (χ0) is 17.7. The van der Waals surface area contributed by atoms with Crippen LogP contribution in [0, 0.1) is 5.92 Å². The summed E-state index contributed by atoms with van der Waals surface area (Å²) in [5.41, 5.74) is 0. The normalized spacial score (nSPS) is 28.3. The number of urea groups is 1. The second kappa shape index (κ2) is 8.78. The highest BCUT2D eigenvalue weighted by molar-refractivity contribution is 5.96. The predicted octanol–water partition coefficient (Wildman–Crippen LogP) is 0.652. The summed E-state index contributed by atoms with van der Waals surface area (Å²) in [6, 6.07) is -0.719. The summed E-state index contributed by atoms with van der Waals surface area (Å²) < 4.78 is 5.79. The van der Waals surface area contributed by atoms with Gasteiger partial charge in [0.15, 0.2) is 0 Å². The number of piperidine rings is 1. The summed E-state index contributed by atoms with van der Waals surface area (Å²) in [6.07, 6.45) is 2.81. The Labute approximate surface area is 145 Å². The van der Waals surface area contributed by atoms with Gasteiger partial charge in [0.2, 0.25) is 5.91 Å². The average molecular weight is 340 g/mol. The molecule has 2 N–H and O–H groups in total. The van der Waals surface area contributed by atoms with Gasteiger partial charge in [-0.15, -0.1) is 0 Å². The van der Waals surface area contributed by atoms with Crippen molar-refractivity contribution in [3.8, 4) is 0 Å². The van der Waals surface area contributed by atoms with E-state index in [4.69, 9.17) is 4.74 Å². The van der Waals surface area contributed by atoms with E-state index in [9.17, 15) is 9.59 Å². The van der Waals surface area contributed by atoms with Crippen LogP contribution in [-0.4, -0.2) is 79.8 Å². The van der Waals surface area contributed by atoms with Crippen LogP contribution in [0.5, 0.6) is 0 Å². The number of carbonyl (C=O) groups excluding carboxylic acids is 2. The predicted molar refractivity (Wildman–Crippen MR) is 92.8 cm³/mol. The third kappa shape index (κ3) is 5.43. The van der Waals surface area contributed by atoms with Crippen molar-refractivity contribution in [1.82, 2.24) is 20.4 Å². The molecule has 0 radical (unpaired) electrons. The van der Waals surface area contributed by atoms with Crippen molar-refractivity contribution < 1.29 is 14.3 Å². The number of imide groups is 1. The maximum Gasteiger partial charge on any atom is 0.321 e. The summed E-state index contributed by atoms with van der Waals surface area (Å²) in [6.45, 7) is 11.1. The van der Waals surface area contributed by atoms with Gasteiger partial charge < -0.3 is 10.1 Å². The van der Waals surface area contributed by atoms with E-state index in [1.54, 1.807) is 0 Å². The molecule has 2 saturated heterocycles. The van der Waals surface area contributed by atoms with Gasteiger partial charge in [0, 0.05) is 26.7 Å². The van der Waals surface area contributed by atoms with Crippen LogP contribution in [0.25, 0.3) is 0 Å². The fraction of sp³-hybridized carbons (Fsp3) is 0.882. The van der Waals surface area contributed by atoms with Crippen LogP contribution in [0.3, 0.4) is 0 Å². The number of nitrogens with zero attached hydrogens (tertiary/aromatic N) is 2. The summed E-state index contributed by atoms with van der Waals surface area (Å²) in [7, 11) is 1.51. The number of ether oxygens (including phenoxy) is 1. The molecule has 0 aromatic carbocycles. The summed E-state index contributed by atoms with van der Waals surface area (Å²) in [5.74, 6) is 0.441. The van der Waals surface area contributed by atoms with Gasteiger partial charge >= 0.3 is 6.03 Å². The third-order valence-electron chi connectivity index (χ3n) is 5.05. The lowest BCUT2D eigenvalue weighted by atomic mass is 9.94. The quantitative estimate of drug-likeness (QED) is 0.786. The van der Waals surface area contributed by atoms with Crippen molar-refractivity contribution in [3.05, 3.63) is 0 Å². The van der Waals surface area contributed by atoms with E-state index in [0.29, 0.717) is 18.1 Å². The molecule has 0 saturated carbocycles. The summed E-state index contributed by atoms with van der Waals surface area (Å²) in [4.78, 5) is 28.0. The first-order chi connectivity index (χ1) is 11.4. The molecule has 2 rings (SSSR count). The van der Waals surface area contributed by atoms with Crippen LogP contribution in [0.2, 0.25) is 0 Å². The lowest BCUT2D eigenvalue weighted by Crippen LogP contribution is -2.52. The molecule has 0 unspecified atom stereocenters. The Morgan fingerprint density at radius 3 is 2.29 bits per heavy atom. The molecule has 2 aliphatic rings. The molecule has 7 nitrogen and oxygen atoms in total. The lowest BCUT2D eigenvalue weighted by molar-refractivity contribution is -0.125. The van der Waals surface area contributed by atoms with E-state index < -0.39 is 6.03 Å². The van der Waals surface area contributed by atoms with Crippen molar-refractivity contribution in [1.29, 1.82) is 0 Å². The van der Waals surface area contributed by atoms with Gasteiger partial charge in [0.25, 0.3) is 0 Å². The molecule has 138 valence electrons. The number of morpholine rings is 1. The Kier molecular flexibility index (Phi) is 7.01. The van der Waals surface area contributed by atoms with Gasteiger partial charge in [-0.3, -0.25) is 19.9 Å². The smallest absolute Gasteiger partial charge is 0.321 e. The van der Waals surface area contributed by atoms with Gasteiger partial charge in [0.05, 0.1) is 18.2 Å². The fourth-order valence-corrected chi connectivity index (χ4v) is 3.77. The number of amides is 3. The van der Waals surface area contributed by atoms with E-state index in [-0.39, 0.29) is 11.9 Å². The minimum Gasteiger partial charge on any atom is -0.373 e. The van der Waals surface area contributed by atoms with Gasteiger partial charge in [-0.25, -0.2) is 4.79 Å². The van der Waals surface area contributed by atoms with E-state index >= 15 is 0 Å². The molecular weight excluding hydrogens is 308 g/mol. The summed E-state index contributed by atoms with van der Waals surface area (Å²) >= 11 is 0. The van der Waals surface area contributed by atoms with Gasteiger partial charge in [-0.2, -0.15) is 0 Å². The van der Waals surface area contributed by atoms with E-state index in [0.717, 1.165) is 45.6 Å². The van der Waals surface area contributed by atoms with Crippen molar-refractivity contribution in [2.45, 2.75) is 51.9 Å². The molecule has 0 aromatic heterocycles. The lowest BCUT2D eigenvalue weighted by Gasteiger charge is -2.40. The number of carbonyl (C=O) groups is 2. The molecule has 24 heavy (non-hydrogen) atoms. The van der Waals surface area contributed by atoms with E-state index in [1.165, 1.54) is 7.05 Å². The summed E-state index contributed by atoms with van der Waals surface area (Å²) in [5, 5.41) is 4.77. The Hall–Kier alpha value is -1.18. The minimum absolute atomic E-state index is 0.233. The molecule has 2 aliphatic heterocycles. The van der Waals surface area contributed by atoms with Crippen LogP contribution >= 0.6 is 0 Å². The maximum atomic E-state index is 12.0. The topological polar surface area (TPSA) is 73.9 Å². The largest absolute Gasteiger partial charge is 0.373 e. The number of hydrogen-bond acceptors (Lipinski definition) is 5. The van der Waals surface area contributed by atoms with Crippen molar-refractivity contribution in [3.63, 3.8) is 0 Å². The third-order valence-corrected chi connectivity index (χ3v) is 5.05. The zero-order valence-electron chi connectivity index (χ0n) is 15.4. The highest BCUT2D eigenvalue weighted by Gasteiger charge is 2.30. The van der Waals surface area contributed by atoms with Crippen LogP contribution in [-0.2, 0) is 9.53 Å². The van der Waals surface area contributed by atoms with Crippen LogP contribution < -0.4 is 10.6 Å². The number of hydrogen-bond donors (Lipinski definition) is 2. The molecule has 3 atom stereocenters. The molecule has 3 amide bonds. The highest BCUT2D eigenvalue weighted by Crippen LogP contribution is 2.22. The molecule has 0 spiro atoms. The van der Waals surface area contributed by atoms with Crippen LogP contribution in [0.15, 0.2) is 0 Å². The first-order valence-electron chi connectivity index (χ1n) is 9.03. The Bertz CT molecular complexity index is 428. The Morgan fingerprint density at radius 2 is 1.75 bits per heavy atom. The fourth-order valence-electron chi connectivity index (χ4n) is 3.77. The maximum absolute atomic E-state index is 12.0. The second-order valence-corrected chi connectivity index (χ2v) is 7.20. The SMILES string of the molecule is CNC(=O)NC(=O)[C@@H](C)N1CCC(CN2C[C@@H](C)O[C@@H](C)C2)CC1. The monoisotopic (exact) mass is 340 g/mol. The molecule has 0 aliphatic carbocycles. The van der Waals surface area contributed by atoms with Gasteiger partial charge in [-0.1, -0.05) is 0 Å². The standard InChI is InChI=1S/C17H32N4O3/c1-12-9-20(10-13(2)24-12)11-15-5-7-21(8-6-15)14(3)16(22)19-17(23)18-4/h12-15H,5-11H2,1-4H3,(H2,18,19,22,23)/t12-,13+,14-/m1/s1. The number of likely N-dealkylation sites (tertiary alicyclic amines) is 1. The molecule has 0 aromatic rings.